The summed E-state index contributed by atoms with van der Waals surface area (Å²) >= 11 is 0. The third-order valence-corrected chi connectivity index (χ3v) is 17.9. The smallest absolute Gasteiger partial charge is 0.462 e. The minimum absolute atomic E-state index is 0.102. The summed E-state index contributed by atoms with van der Waals surface area (Å²) < 4.78 is 68.0. The van der Waals surface area contributed by atoms with Crippen molar-refractivity contribution in [3.63, 3.8) is 0 Å². The second kappa shape index (κ2) is 65.2. The van der Waals surface area contributed by atoms with Crippen LogP contribution in [-0.4, -0.2) is 96.7 Å². The predicted molar refractivity (Wildman–Crippen MR) is 363 cm³/mol. The van der Waals surface area contributed by atoms with Crippen molar-refractivity contribution < 1.29 is 80.2 Å². The minimum Gasteiger partial charge on any atom is -0.462 e. The number of carbonyl (C=O) groups excluding carboxylic acids is 4. The molecule has 0 aliphatic carbocycles. The van der Waals surface area contributed by atoms with Gasteiger partial charge in [0, 0.05) is 25.7 Å². The van der Waals surface area contributed by atoms with Crippen molar-refractivity contribution in [3.05, 3.63) is 24.3 Å². The Hall–Kier alpha value is -2.46. The number of hydrogen-bond acceptors (Lipinski definition) is 15. The molecular weight excluding hydrogens is 1190 g/mol. The number of hydrogen-bond donors (Lipinski definition) is 3. The minimum atomic E-state index is -4.96. The monoisotopic (exact) mass is 1320 g/mol. The number of aliphatic hydroxyl groups excluding tert-OH is 1. The molecule has 19 heteroatoms. The van der Waals surface area contributed by atoms with Gasteiger partial charge in [0.15, 0.2) is 12.2 Å². The summed E-state index contributed by atoms with van der Waals surface area (Å²) in [4.78, 5) is 72.2. The molecule has 17 nitrogen and oxygen atoms in total. The van der Waals surface area contributed by atoms with Crippen LogP contribution in [-0.2, 0) is 65.4 Å². The van der Waals surface area contributed by atoms with Crippen LogP contribution in [0.1, 0.15) is 349 Å². The van der Waals surface area contributed by atoms with Gasteiger partial charge in [0.05, 0.1) is 26.4 Å². The number of ether oxygens (including phenoxy) is 4. The Morgan fingerprint density at radius 3 is 0.811 bits per heavy atom. The van der Waals surface area contributed by atoms with Gasteiger partial charge in [-0.1, -0.05) is 296 Å². The second-order valence-corrected chi connectivity index (χ2v) is 27.8. The third kappa shape index (κ3) is 64.3. The Morgan fingerprint density at radius 1 is 0.311 bits per heavy atom. The highest BCUT2D eigenvalue weighted by Gasteiger charge is 2.30. The van der Waals surface area contributed by atoms with Crippen LogP contribution in [0.2, 0.25) is 0 Å². The number of allylic oxidation sites excluding steroid dienone is 4. The molecular formula is C71H134O17P2. The highest BCUT2D eigenvalue weighted by Crippen LogP contribution is 2.45. The number of unbranched alkanes of at least 4 members (excludes halogenated alkanes) is 41. The lowest BCUT2D eigenvalue weighted by Crippen LogP contribution is -2.30. The molecule has 0 aliphatic rings. The first-order valence-electron chi connectivity index (χ1n) is 36.6. The Morgan fingerprint density at radius 2 is 0.533 bits per heavy atom. The normalized spacial score (nSPS) is 14.2. The zero-order chi connectivity index (χ0) is 66.1. The summed E-state index contributed by atoms with van der Waals surface area (Å²) in [6, 6.07) is 0. The van der Waals surface area contributed by atoms with Crippen LogP contribution < -0.4 is 0 Å². The fraction of sp³-hybridized carbons (Fsp3) is 0.887. The summed E-state index contributed by atoms with van der Waals surface area (Å²) in [5.74, 6) is -2.17. The van der Waals surface area contributed by atoms with Crippen LogP contribution in [0.4, 0.5) is 0 Å². The van der Waals surface area contributed by atoms with E-state index in [1.54, 1.807) is 0 Å². The molecule has 5 atom stereocenters. The lowest BCUT2D eigenvalue weighted by molar-refractivity contribution is -0.161. The summed E-state index contributed by atoms with van der Waals surface area (Å²) in [6.07, 6.45) is 56.9. The molecule has 0 heterocycles. The topological polar surface area (TPSA) is 237 Å². The van der Waals surface area contributed by atoms with Crippen molar-refractivity contribution in [2.75, 3.05) is 39.6 Å². The molecule has 0 rings (SSSR count). The van der Waals surface area contributed by atoms with Gasteiger partial charge in [-0.25, -0.2) is 9.13 Å². The lowest BCUT2D eigenvalue weighted by atomic mass is 10.0. The molecule has 0 saturated heterocycles. The van der Waals surface area contributed by atoms with Crippen LogP contribution in [0, 0.1) is 0 Å². The van der Waals surface area contributed by atoms with Crippen LogP contribution in [0.15, 0.2) is 24.3 Å². The first kappa shape index (κ1) is 87.5. The number of phosphoric ester groups is 2. The van der Waals surface area contributed by atoms with Crippen molar-refractivity contribution in [2.45, 2.75) is 367 Å². The van der Waals surface area contributed by atoms with E-state index in [-0.39, 0.29) is 25.7 Å². The van der Waals surface area contributed by atoms with E-state index in [1.807, 2.05) is 0 Å². The molecule has 0 aliphatic heterocycles. The number of esters is 4. The number of phosphoric acid groups is 2. The number of aliphatic hydroxyl groups is 1. The van der Waals surface area contributed by atoms with Gasteiger partial charge in [-0.3, -0.25) is 37.3 Å². The first-order chi connectivity index (χ1) is 43.7. The van der Waals surface area contributed by atoms with Crippen LogP contribution in [0.25, 0.3) is 0 Å². The summed E-state index contributed by atoms with van der Waals surface area (Å²) in [7, 11) is -9.90. The van der Waals surface area contributed by atoms with Crippen molar-refractivity contribution >= 4 is 39.5 Å². The van der Waals surface area contributed by atoms with Gasteiger partial charge in [-0.15, -0.1) is 0 Å². The predicted octanol–water partition coefficient (Wildman–Crippen LogP) is 20.2. The Kier molecular flexibility index (Phi) is 63.4. The van der Waals surface area contributed by atoms with E-state index in [4.69, 9.17) is 37.0 Å². The maximum atomic E-state index is 13.0. The lowest BCUT2D eigenvalue weighted by Gasteiger charge is -2.21. The van der Waals surface area contributed by atoms with Crippen LogP contribution in [0.5, 0.6) is 0 Å². The zero-order valence-electron chi connectivity index (χ0n) is 57.6. The van der Waals surface area contributed by atoms with Gasteiger partial charge < -0.3 is 33.8 Å². The standard InChI is InChI=1S/C71H134O17P2/c1-5-9-13-17-20-23-25-27-29-30-31-32-33-34-36-38-40-43-46-50-54-58-71(76)88-67(62-82-69(74)56-52-48-44-42-39-37-35-28-26-24-21-18-14-10-6-2)64-86-90(79,80)84-60-65(72)59-83-89(77,78)85-63-66(61-81-68(73)55-51-47-16-12-8-4)87-70(75)57-53-49-45-41-22-19-15-11-7-3/h24,26,28,35,65-67,72H,5-23,25,27,29-34,36-64H2,1-4H3,(H,77,78)(H,79,80)/b26-24-,35-28-/t65-,66+,67+/m0/s1. The third-order valence-electron chi connectivity index (χ3n) is 16.0. The van der Waals surface area contributed by atoms with E-state index < -0.39 is 97.5 Å². The molecule has 0 amide bonds. The number of rotatable bonds is 70. The van der Waals surface area contributed by atoms with Gasteiger partial charge >= 0.3 is 39.5 Å². The van der Waals surface area contributed by atoms with E-state index in [1.165, 1.54) is 154 Å². The van der Waals surface area contributed by atoms with E-state index in [0.717, 1.165) is 116 Å². The van der Waals surface area contributed by atoms with E-state index in [9.17, 15) is 43.2 Å². The molecule has 0 aromatic carbocycles. The molecule has 0 spiro atoms. The van der Waals surface area contributed by atoms with Gasteiger partial charge in [-0.05, 0) is 51.4 Å². The van der Waals surface area contributed by atoms with Crippen LogP contribution >= 0.6 is 15.6 Å². The first-order valence-corrected chi connectivity index (χ1v) is 39.6. The van der Waals surface area contributed by atoms with Gasteiger partial charge in [-0.2, -0.15) is 0 Å². The SMILES string of the molecule is CCCCCC/C=C\C=C/CCCCCCCC(=O)OC[C@H](COP(=O)(O)OC[C@@H](O)COP(=O)(O)OC[C@@H](COC(=O)CCCCCCC)OC(=O)CCCCCCCCCCC)OC(=O)CCCCCCCCCCCCCCCCCCCCCCC. The Labute approximate surface area is 548 Å². The molecule has 0 fully saturated rings. The second-order valence-electron chi connectivity index (χ2n) is 24.9. The summed E-state index contributed by atoms with van der Waals surface area (Å²) in [5, 5.41) is 10.5. The maximum Gasteiger partial charge on any atom is 0.472 e. The van der Waals surface area contributed by atoms with E-state index in [0.29, 0.717) is 25.7 Å². The molecule has 2 unspecified atom stereocenters. The maximum absolute atomic E-state index is 13.0. The van der Waals surface area contributed by atoms with Gasteiger partial charge in [0.1, 0.15) is 19.3 Å². The van der Waals surface area contributed by atoms with Crippen molar-refractivity contribution in [3.8, 4) is 0 Å². The molecule has 530 valence electrons. The van der Waals surface area contributed by atoms with Gasteiger partial charge in [0.25, 0.3) is 0 Å². The largest absolute Gasteiger partial charge is 0.472 e. The fourth-order valence-electron chi connectivity index (χ4n) is 10.3. The highest BCUT2D eigenvalue weighted by molar-refractivity contribution is 7.47. The molecule has 0 bridgehead atoms. The quantitative estimate of drug-likeness (QED) is 0.0169. The molecule has 3 N–H and O–H groups in total. The van der Waals surface area contributed by atoms with Crippen molar-refractivity contribution in [1.29, 1.82) is 0 Å². The summed E-state index contributed by atoms with van der Waals surface area (Å²) in [5.41, 5.74) is 0. The Bertz CT molecular complexity index is 1820. The van der Waals surface area contributed by atoms with Crippen LogP contribution in [0.3, 0.4) is 0 Å². The zero-order valence-corrected chi connectivity index (χ0v) is 59.4. The fourth-order valence-corrected chi connectivity index (χ4v) is 11.9. The van der Waals surface area contributed by atoms with E-state index in [2.05, 4.69) is 52.0 Å². The Balaban J connectivity index is 5.14. The van der Waals surface area contributed by atoms with Gasteiger partial charge in [0.2, 0.25) is 0 Å². The molecule has 0 aromatic heterocycles. The molecule has 0 radical (unpaired) electrons. The van der Waals surface area contributed by atoms with E-state index >= 15 is 0 Å². The molecule has 0 aromatic rings. The highest BCUT2D eigenvalue weighted by atomic mass is 31.2. The van der Waals surface area contributed by atoms with Crippen molar-refractivity contribution in [2.24, 2.45) is 0 Å². The van der Waals surface area contributed by atoms with Crippen molar-refractivity contribution in [1.82, 2.24) is 0 Å². The average Bonchev–Trinajstić information content (AvgIpc) is 3.68. The number of carbonyl (C=O) groups is 4. The summed E-state index contributed by atoms with van der Waals surface area (Å²) in [6.45, 7) is 4.77. The molecule has 0 saturated carbocycles. The molecule has 90 heavy (non-hydrogen) atoms. The average molecular weight is 1320 g/mol.